The van der Waals surface area contributed by atoms with Crippen LogP contribution in [0.2, 0.25) is 5.02 Å². The summed E-state index contributed by atoms with van der Waals surface area (Å²) >= 11 is 5.63. The van der Waals surface area contributed by atoms with Crippen LogP contribution in [0.25, 0.3) is 0 Å². The second kappa shape index (κ2) is 8.30. The maximum atomic E-state index is 13.4. The van der Waals surface area contributed by atoms with Gasteiger partial charge in [0.25, 0.3) is 5.91 Å². The molecule has 1 amide bonds. The van der Waals surface area contributed by atoms with E-state index in [-0.39, 0.29) is 41.0 Å². The molecule has 2 bridgehead atoms. The summed E-state index contributed by atoms with van der Waals surface area (Å²) in [6.07, 6.45) is 1.42. The molecule has 6 nitrogen and oxygen atoms in total. The largest absolute Gasteiger partial charge is 0.489 e. The normalized spacial score (nSPS) is 24.5. The van der Waals surface area contributed by atoms with Crippen LogP contribution in [-0.2, 0) is 4.79 Å². The lowest BCUT2D eigenvalue weighted by Crippen LogP contribution is -2.84. The van der Waals surface area contributed by atoms with E-state index in [1.165, 1.54) is 17.7 Å². The molecule has 0 radical (unpaired) electrons. The fourth-order valence-corrected chi connectivity index (χ4v) is 4.61. The van der Waals surface area contributed by atoms with E-state index in [4.69, 9.17) is 21.1 Å². The number of hydrogen-bond donors (Lipinski definition) is 3. The number of nitrogens with one attached hydrogen (secondary N) is 2. The van der Waals surface area contributed by atoms with Crippen molar-refractivity contribution in [2.24, 2.45) is 0 Å². The highest BCUT2D eigenvalue weighted by Gasteiger charge is 2.68. The summed E-state index contributed by atoms with van der Waals surface area (Å²) in [5.74, 6) is 0.125. The molecule has 0 aliphatic heterocycles. The van der Waals surface area contributed by atoms with Crippen molar-refractivity contribution in [2.75, 3.05) is 13.2 Å². The van der Waals surface area contributed by atoms with Gasteiger partial charge in [-0.15, -0.1) is 0 Å². The van der Waals surface area contributed by atoms with E-state index in [0.29, 0.717) is 0 Å². The number of aliphatic hydroxyl groups is 1. The zero-order valence-electron chi connectivity index (χ0n) is 17.5. The van der Waals surface area contributed by atoms with E-state index in [0.717, 1.165) is 36.6 Å². The van der Waals surface area contributed by atoms with E-state index < -0.39 is 12.0 Å². The van der Waals surface area contributed by atoms with Crippen molar-refractivity contribution in [3.8, 4) is 11.5 Å². The van der Waals surface area contributed by atoms with Gasteiger partial charge in [-0.25, -0.2) is 4.39 Å². The van der Waals surface area contributed by atoms with Gasteiger partial charge in [0.15, 0.2) is 6.61 Å². The van der Waals surface area contributed by atoms with Crippen molar-refractivity contribution >= 4 is 17.5 Å². The zero-order valence-corrected chi connectivity index (χ0v) is 18.3. The molecule has 0 saturated heterocycles. The third kappa shape index (κ3) is 4.79. The molecule has 5 rings (SSSR count). The van der Waals surface area contributed by atoms with Crippen LogP contribution in [0.3, 0.4) is 0 Å². The Balaban J connectivity index is 1.17. The Bertz CT molecular complexity index is 980. The molecular weight excluding hydrogens is 423 g/mol. The van der Waals surface area contributed by atoms with Gasteiger partial charge >= 0.3 is 0 Å². The van der Waals surface area contributed by atoms with Crippen LogP contribution < -0.4 is 20.1 Å². The molecule has 0 spiro atoms. The van der Waals surface area contributed by atoms with Crippen LogP contribution >= 0.6 is 11.6 Å². The number of rotatable bonds is 9. The summed E-state index contributed by atoms with van der Waals surface area (Å²) < 4.78 is 24.4. The Morgan fingerprint density at radius 1 is 1.10 bits per heavy atom. The first kappa shape index (κ1) is 21.9. The lowest BCUT2D eigenvalue weighted by atomic mass is 9.44. The van der Waals surface area contributed by atoms with E-state index in [9.17, 15) is 14.3 Å². The smallest absolute Gasteiger partial charge is 0.258 e. The summed E-state index contributed by atoms with van der Waals surface area (Å²) in [7, 11) is 0. The molecular formula is C23H26ClFN2O4. The lowest BCUT2D eigenvalue weighted by Gasteiger charge is -2.71. The number of halogens is 2. The second-order valence-electron chi connectivity index (χ2n) is 8.72. The highest BCUT2D eigenvalue weighted by Crippen LogP contribution is 2.60. The summed E-state index contributed by atoms with van der Waals surface area (Å²) in [5, 5.41) is 16.5. The lowest BCUT2D eigenvalue weighted by molar-refractivity contribution is -0.152. The first-order valence-corrected chi connectivity index (χ1v) is 10.6. The number of aliphatic hydroxyl groups excluding tert-OH is 1. The van der Waals surface area contributed by atoms with E-state index >= 15 is 0 Å². The molecule has 3 aliphatic rings. The van der Waals surface area contributed by atoms with Crippen LogP contribution in [0.5, 0.6) is 11.5 Å². The number of ether oxygens (including phenoxy) is 2. The van der Waals surface area contributed by atoms with Crippen molar-refractivity contribution in [2.45, 2.75) is 50.4 Å². The molecule has 2 aromatic rings. The fraction of sp³-hybridized carbons (Fsp3) is 0.435. The number of aryl methyl sites for hydroxylation is 2. The molecule has 8 heteroatoms. The van der Waals surface area contributed by atoms with Crippen LogP contribution in [0.15, 0.2) is 36.4 Å². The van der Waals surface area contributed by atoms with Gasteiger partial charge in [0.2, 0.25) is 0 Å². The van der Waals surface area contributed by atoms with Crippen molar-refractivity contribution in [1.82, 2.24) is 10.6 Å². The van der Waals surface area contributed by atoms with Gasteiger partial charge in [0, 0.05) is 17.1 Å². The van der Waals surface area contributed by atoms with Gasteiger partial charge in [-0.05, 0) is 68.5 Å². The third-order valence-electron chi connectivity index (χ3n) is 6.05. The molecule has 1 unspecified atom stereocenters. The number of amides is 1. The first-order valence-electron chi connectivity index (χ1n) is 10.2. The highest BCUT2D eigenvalue weighted by molar-refractivity contribution is 6.30. The topological polar surface area (TPSA) is 79.8 Å². The molecule has 3 aliphatic carbocycles. The Morgan fingerprint density at radius 2 is 1.77 bits per heavy atom. The van der Waals surface area contributed by atoms with Gasteiger partial charge in [0.05, 0.1) is 5.02 Å². The minimum atomic E-state index is -0.793. The van der Waals surface area contributed by atoms with Crippen molar-refractivity contribution in [1.29, 1.82) is 0 Å². The van der Waals surface area contributed by atoms with Gasteiger partial charge in [0.1, 0.15) is 30.2 Å². The third-order valence-corrected chi connectivity index (χ3v) is 6.36. The molecule has 3 N–H and O–H groups in total. The van der Waals surface area contributed by atoms with Crippen molar-refractivity contribution in [3.05, 3.63) is 58.4 Å². The Kier molecular flexibility index (Phi) is 5.85. The predicted octanol–water partition coefficient (Wildman–Crippen LogP) is 3.25. The Hall–Kier alpha value is -2.35. The predicted molar refractivity (Wildman–Crippen MR) is 115 cm³/mol. The summed E-state index contributed by atoms with van der Waals surface area (Å²) in [6.45, 7) is 4.01. The van der Waals surface area contributed by atoms with Crippen molar-refractivity contribution < 1.29 is 23.8 Å². The monoisotopic (exact) mass is 448 g/mol. The Morgan fingerprint density at radius 3 is 2.45 bits per heavy atom. The molecule has 166 valence electrons. The maximum Gasteiger partial charge on any atom is 0.258 e. The fourth-order valence-electron chi connectivity index (χ4n) is 4.49. The zero-order chi connectivity index (χ0) is 22.2. The molecule has 0 heterocycles. The average molecular weight is 449 g/mol. The summed E-state index contributed by atoms with van der Waals surface area (Å²) in [6, 6.07) is 9.88. The van der Waals surface area contributed by atoms with E-state index in [2.05, 4.69) is 10.6 Å². The summed E-state index contributed by atoms with van der Waals surface area (Å²) in [4.78, 5) is 12.2. The summed E-state index contributed by atoms with van der Waals surface area (Å²) in [5.41, 5.74) is 1.91. The highest BCUT2D eigenvalue weighted by atomic mass is 35.5. The van der Waals surface area contributed by atoms with Crippen LogP contribution in [0.1, 0.15) is 30.4 Å². The average Bonchev–Trinajstić information content (AvgIpc) is 2.67. The molecule has 2 aromatic carbocycles. The quantitative estimate of drug-likeness (QED) is 0.513. The first-order chi connectivity index (χ1) is 14.7. The second-order valence-corrected chi connectivity index (χ2v) is 9.13. The van der Waals surface area contributed by atoms with E-state index in [1.807, 2.05) is 32.0 Å². The van der Waals surface area contributed by atoms with Gasteiger partial charge in [-0.2, -0.15) is 0 Å². The minimum Gasteiger partial charge on any atom is -0.489 e. The van der Waals surface area contributed by atoms with Gasteiger partial charge in [-0.3, -0.25) is 10.1 Å². The van der Waals surface area contributed by atoms with E-state index in [1.54, 1.807) is 0 Å². The minimum absolute atomic E-state index is 0.00466. The molecule has 31 heavy (non-hydrogen) atoms. The standard InChI is InChI=1S/C23H26ClFN2O4/c1-14-3-4-16(7-15(14)2)30-9-20(28)26-22-11-23(12-22,13-22)27-21(29)10-31-17-5-6-18(24)19(25)8-17/h3-8,20,26,28H,9-13H2,1-2H3,(H,27,29). The van der Waals surface area contributed by atoms with Crippen LogP contribution in [0.4, 0.5) is 4.39 Å². The molecule has 1 atom stereocenters. The number of hydrogen-bond acceptors (Lipinski definition) is 5. The van der Waals surface area contributed by atoms with Gasteiger partial charge in [-0.1, -0.05) is 17.7 Å². The Labute approximate surface area is 185 Å². The number of benzene rings is 2. The molecule has 3 saturated carbocycles. The molecule has 3 fully saturated rings. The maximum absolute atomic E-state index is 13.4. The number of carbonyl (C=O) groups is 1. The van der Waals surface area contributed by atoms with Crippen LogP contribution in [0, 0.1) is 19.7 Å². The van der Waals surface area contributed by atoms with Crippen molar-refractivity contribution in [3.63, 3.8) is 0 Å². The van der Waals surface area contributed by atoms with Crippen LogP contribution in [-0.4, -0.2) is 41.5 Å². The number of carbonyl (C=O) groups excluding carboxylic acids is 1. The SMILES string of the molecule is Cc1ccc(OCC(O)NC23CC(NC(=O)COc4ccc(Cl)c(F)c4)(C2)C3)cc1C. The molecule has 0 aromatic heterocycles. The van der Waals surface area contributed by atoms with Gasteiger partial charge < -0.3 is 19.9 Å².